The second-order valence-corrected chi connectivity index (χ2v) is 5.03. The molecule has 1 aromatic heterocycles. The molecule has 18 heavy (non-hydrogen) atoms. The molecule has 1 amide bonds. The number of aliphatic hydroxyl groups is 1. The molecule has 1 N–H and O–H groups in total. The third-order valence-corrected chi connectivity index (χ3v) is 3.51. The van der Waals surface area contributed by atoms with Crippen LogP contribution in [0.1, 0.15) is 39.2 Å². The molecule has 1 aliphatic heterocycles. The minimum atomic E-state index is 0.0577. The van der Waals surface area contributed by atoms with E-state index in [1.165, 1.54) is 0 Å². The first-order valence-corrected chi connectivity index (χ1v) is 6.62. The highest BCUT2D eigenvalue weighted by Crippen LogP contribution is 2.27. The van der Waals surface area contributed by atoms with Crippen molar-refractivity contribution < 1.29 is 9.90 Å². The predicted molar refractivity (Wildman–Crippen MR) is 69.4 cm³/mol. The Hall–Kier alpha value is -1.36. The summed E-state index contributed by atoms with van der Waals surface area (Å²) in [6, 6.07) is 2.17. The summed E-state index contributed by atoms with van der Waals surface area (Å²) < 4.78 is 1.92. The number of nitrogens with zero attached hydrogens (tertiary/aromatic N) is 3. The third kappa shape index (κ3) is 2.41. The Morgan fingerprint density at radius 1 is 1.61 bits per heavy atom. The van der Waals surface area contributed by atoms with E-state index in [0.717, 1.165) is 18.7 Å². The van der Waals surface area contributed by atoms with Crippen molar-refractivity contribution in [1.29, 1.82) is 0 Å². The Labute approximate surface area is 107 Å². The summed E-state index contributed by atoms with van der Waals surface area (Å²) in [4.78, 5) is 13.7. The number of amides is 1. The lowest BCUT2D eigenvalue weighted by molar-refractivity contribution is -0.117. The van der Waals surface area contributed by atoms with Crippen molar-refractivity contribution in [3.63, 3.8) is 0 Å². The first-order chi connectivity index (χ1) is 8.67. The number of carbonyl (C=O) groups excluding carboxylic acids is 1. The molecule has 2 heterocycles. The standard InChI is InChI=1S/C13H21N3O2/c1-3-4-10(2)16-12(5-6-14-16)15-8-11(9-17)7-13(15)18/h5-6,10-11,17H,3-4,7-9H2,1-2H3. The molecule has 5 nitrogen and oxygen atoms in total. The second kappa shape index (κ2) is 5.52. The van der Waals surface area contributed by atoms with Crippen molar-refractivity contribution >= 4 is 11.7 Å². The number of carbonyl (C=O) groups is 1. The molecule has 100 valence electrons. The topological polar surface area (TPSA) is 58.4 Å². The summed E-state index contributed by atoms with van der Waals surface area (Å²) in [6.07, 6.45) is 4.30. The van der Waals surface area contributed by atoms with E-state index in [9.17, 15) is 4.79 Å². The van der Waals surface area contributed by atoms with Crippen LogP contribution in [-0.2, 0) is 4.79 Å². The van der Waals surface area contributed by atoms with Gasteiger partial charge in [0.05, 0.1) is 12.2 Å². The fraction of sp³-hybridized carbons (Fsp3) is 0.692. The van der Waals surface area contributed by atoms with Crippen LogP contribution in [0.5, 0.6) is 0 Å². The average molecular weight is 251 g/mol. The molecule has 2 unspecified atom stereocenters. The van der Waals surface area contributed by atoms with Crippen molar-refractivity contribution in [3.05, 3.63) is 12.3 Å². The molecule has 1 aromatic rings. The molecular formula is C13H21N3O2. The smallest absolute Gasteiger partial charge is 0.228 e. The van der Waals surface area contributed by atoms with Crippen molar-refractivity contribution in [2.75, 3.05) is 18.1 Å². The van der Waals surface area contributed by atoms with Crippen molar-refractivity contribution in [2.45, 2.75) is 39.2 Å². The first-order valence-electron chi connectivity index (χ1n) is 6.62. The van der Waals surface area contributed by atoms with Crippen LogP contribution < -0.4 is 4.90 Å². The summed E-state index contributed by atoms with van der Waals surface area (Å²) in [5.74, 6) is 0.999. The minimum absolute atomic E-state index is 0.0577. The Bertz CT molecular complexity index is 416. The van der Waals surface area contributed by atoms with E-state index in [1.807, 2.05) is 10.7 Å². The largest absolute Gasteiger partial charge is 0.396 e. The third-order valence-electron chi connectivity index (χ3n) is 3.51. The number of rotatable bonds is 5. The molecule has 2 rings (SSSR count). The summed E-state index contributed by atoms with van der Waals surface area (Å²) in [7, 11) is 0. The van der Waals surface area contributed by atoms with Crippen LogP contribution in [0, 0.1) is 5.92 Å². The molecular weight excluding hydrogens is 230 g/mol. The Morgan fingerprint density at radius 3 is 3.00 bits per heavy atom. The summed E-state index contributed by atoms with van der Waals surface area (Å²) in [5, 5.41) is 13.5. The van der Waals surface area contributed by atoms with Crippen LogP contribution in [0.3, 0.4) is 0 Å². The fourth-order valence-corrected chi connectivity index (χ4v) is 2.53. The zero-order valence-corrected chi connectivity index (χ0v) is 11.0. The lowest BCUT2D eigenvalue weighted by Crippen LogP contribution is -2.28. The van der Waals surface area contributed by atoms with Gasteiger partial charge in [-0.15, -0.1) is 0 Å². The van der Waals surface area contributed by atoms with Crippen LogP contribution in [-0.4, -0.2) is 33.9 Å². The van der Waals surface area contributed by atoms with E-state index in [0.29, 0.717) is 19.0 Å². The van der Waals surface area contributed by atoms with Gasteiger partial charge in [-0.1, -0.05) is 13.3 Å². The van der Waals surface area contributed by atoms with E-state index in [4.69, 9.17) is 5.11 Å². The van der Waals surface area contributed by atoms with E-state index in [-0.39, 0.29) is 18.4 Å². The molecule has 1 fully saturated rings. The van der Waals surface area contributed by atoms with Gasteiger partial charge in [-0.25, -0.2) is 4.68 Å². The molecule has 0 aromatic carbocycles. The van der Waals surface area contributed by atoms with E-state index < -0.39 is 0 Å². The molecule has 0 radical (unpaired) electrons. The Kier molecular flexibility index (Phi) is 4.01. The van der Waals surface area contributed by atoms with Gasteiger partial charge in [0.2, 0.25) is 5.91 Å². The molecule has 1 aliphatic rings. The SMILES string of the molecule is CCCC(C)n1nccc1N1CC(CO)CC1=O. The zero-order valence-electron chi connectivity index (χ0n) is 11.0. The van der Waals surface area contributed by atoms with Gasteiger partial charge in [-0.3, -0.25) is 9.69 Å². The fourth-order valence-electron chi connectivity index (χ4n) is 2.53. The van der Waals surface area contributed by atoms with Crippen LogP contribution in [0.15, 0.2) is 12.3 Å². The van der Waals surface area contributed by atoms with Crippen molar-refractivity contribution in [1.82, 2.24) is 9.78 Å². The maximum absolute atomic E-state index is 11.9. The lowest BCUT2D eigenvalue weighted by atomic mass is 10.1. The predicted octanol–water partition coefficient (Wildman–Crippen LogP) is 1.59. The number of hydrogen-bond acceptors (Lipinski definition) is 3. The summed E-state index contributed by atoms with van der Waals surface area (Å²) in [6.45, 7) is 4.92. The van der Waals surface area contributed by atoms with Crippen molar-refractivity contribution in [3.8, 4) is 0 Å². The van der Waals surface area contributed by atoms with Gasteiger partial charge < -0.3 is 5.11 Å². The van der Waals surface area contributed by atoms with Crippen LogP contribution >= 0.6 is 0 Å². The summed E-state index contributed by atoms with van der Waals surface area (Å²) >= 11 is 0. The normalized spacial score (nSPS) is 21.6. The van der Waals surface area contributed by atoms with E-state index in [1.54, 1.807) is 11.1 Å². The van der Waals surface area contributed by atoms with Crippen molar-refractivity contribution in [2.24, 2.45) is 5.92 Å². The quantitative estimate of drug-likeness (QED) is 0.864. The molecule has 0 spiro atoms. The van der Waals surface area contributed by atoms with Gasteiger partial charge in [0.1, 0.15) is 5.82 Å². The number of aromatic nitrogens is 2. The van der Waals surface area contributed by atoms with Gasteiger partial charge in [-0.2, -0.15) is 5.10 Å². The molecule has 5 heteroatoms. The summed E-state index contributed by atoms with van der Waals surface area (Å²) in [5.41, 5.74) is 0. The Morgan fingerprint density at radius 2 is 2.39 bits per heavy atom. The maximum atomic E-state index is 11.9. The zero-order chi connectivity index (χ0) is 13.1. The minimum Gasteiger partial charge on any atom is -0.396 e. The highest BCUT2D eigenvalue weighted by Gasteiger charge is 2.32. The molecule has 0 aliphatic carbocycles. The average Bonchev–Trinajstić information content (AvgIpc) is 2.94. The first kappa shape index (κ1) is 13.1. The molecule has 0 bridgehead atoms. The van der Waals surface area contributed by atoms with Gasteiger partial charge in [-0.05, 0) is 13.3 Å². The molecule has 0 saturated carbocycles. The van der Waals surface area contributed by atoms with Gasteiger partial charge in [0, 0.05) is 31.6 Å². The van der Waals surface area contributed by atoms with Crippen LogP contribution in [0.25, 0.3) is 0 Å². The molecule has 1 saturated heterocycles. The number of anilines is 1. The monoisotopic (exact) mass is 251 g/mol. The van der Waals surface area contributed by atoms with Gasteiger partial charge in [0.15, 0.2) is 0 Å². The van der Waals surface area contributed by atoms with E-state index >= 15 is 0 Å². The highest BCUT2D eigenvalue weighted by atomic mass is 16.3. The lowest BCUT2D eigenvalue weighted by Gasteiger charge is -2.21. The number of hydrogen-bond donors (Lipinski definition) is 1. The van der Waals surface area contributed by atoms with E-state index in [2.05, 4.69) is 18.9 Å². The maximum Gasteiger partial charge on any atom is 0.228 e. The van der Waals surface area contributed by atoms with Crippen LogP contribution in [0.2, 0.25) is 0 Å². The Balaban J connectivity index is 2.19. The van der Waals surface area contributed by atoms with Crippen LogP contribution in [0.4, 0.5) is 5.82 Å². The highest BCUT2D eigenvalue weighted by molar-refractivity contribution is 5.94. The second-order valence-electron chi connectivity index (χ2n) is 5.03. The number of aliphatic hydroxyl groups excluding tert-OH is 1. The van der Waals surface area contributed by atoms with Gasteiger partial charge in [0.25, 0.3) is 0 Å². The van der Waals surface area contributed by atoms with Gasteiger partial charge >= 0.3 is 0 Å². The molecule has 2 atom stereocenters.